The summed E-state index contributed by atoms with van der Waals surface area (Å²) >= 11 is 0. The Morgan fingerprint density at radius 1 is 1.02 bits per heavy atom. The first kappa shape index (κ1) is 33.7. The second kappa shape index (κ2) is 13.6. The molecule has 0 aromatic heterocycles. The smallest absolute Gasteiger partial charge is 0.419 e. The maximum Gasteiger partial charge on any atom is 0.419 e. The van der Waals surface area contributed by atoms with Gasteiger partial charge in [0.05, 0.1) is 16.7 Å². The number of carboxylic acid groups (broad SMARTS) is 1. The average Bonchev–Trinajstić information content (AvgIpc) is 3.01. The standard InChI is InChI=1S/C34H42F3N3O6/c1-2-3-17-40-29(41)27(21-32(45)13-5-4-6-14-32)38-31(44)33(40)15-18-39(19-16-33)22-23-7-12-28(26(20-23)34(35,36)37)46-25-10-8-24(9-11-25)30(42)43/h7-12,20,27,45H,2-6,13-19,21-22H2,1H3,(H,38,44)(H,42,43)/t27-/m1/s1. The van der Waals surface area contributed by atoms with Gasteiger partial charge in [-0.1, -0.05) is 38.7 Å². The van der Waals surface area contributed by atoms with Crippen LogP contribution in [-0.2, 0) is 22.3 Å². The number of likely N-dealkylation sites (tertiary alicyclic amines) is 1. The summed E-state index contributed by atoms with van der Waals surface area (Å²) in [6.45, 7) is 3.49. The normalized spacial score (nSPS) is 21.7. The summed E-state index contributed by atoms with van der Waals surface area (Å²) in [5.74, 6) is -1.85. The Bertz CT molecular complexity index is 1420. The number of piperidine rings is 1. The van der Waals surface area contributed by atoms with Crippen LogP contribution in [0.3, 0.4) is 0 Å². The summed E-state index contributed by atoms with van der Waals surface area (Å²) in [7, 11) is 0. The van der Waals surface area contributed by atoms with E-state index in [0.717, 1.165) is 38.2 Å². The van der Waals surface area contributed by atoms with E-state index in [1.807, 2.05) is 11.8 Å². The molecule has 0 radical (unpaired) electrons. The van der Waals surface area contributed by atoms with Crippen molar-refractivity contribution in [1.29, 1.82) is 0 Å². The number of amides is 2. The summed E-state index contributed by atoms with van der Waals surface area (Å²) in [5, 5.41) is 23.1. The molecule has 12 heteroatoms. The maximum atomic E-state index is 14.1. The molecule has 2 saturated heterocycles. The van der Waals surface area contributed by atoms with Crippen molar-refractivity contribution in [1.82, 2.24) is 15.1 Å². The first-order chi connectivity index (χ1) is 21.8. The molecule has 2 amide bonds. The molecule has 250 valence electrons. The number of carboxylic acids is 1. The average molecular weight is 646 g/mol. The molecule has 0 bridgehead atoms. The number of halogens is 3. The van der Waals surface area contributed by atoms with Gasteiger partial charge in [0.2, 0.25) is 11.8 Å². The van der Waals surface area contributed by atoms with Gasteiger partial charge in [0.1, 0.15) is 23.1 Å². The first-order valence-electron chi connectivity index (χ1n) is 16.1. The quantitative estimate of drug-likeness (QED) is 0.302. The van der Waals surface area contributed by atoms with Crippen LogP contribution in [0.4, 0.5) is 13.2 Å². The van der Waals surface area contributed by atoms with Crippen molar-refractivity contribution in [2.24, 2.45) is 0 Å². The fourth-order valence-electron chi connectivity index (χ4n) is 7.06. The van der Waals surface area contributed by atoms with Crippen LogP contribution in [0.15, 0.2) is 42.5 Å². The predicted octanol–water partition coefficient (Wildman–Crippen LogP) is 5.74. The van der Waals surface area contributed by atoms with Crippen LogP contribution in [-0.4, -0.2) is 74.6 Å². The van der Waals surface area contributed by atoms with Gasteiger partial charge >= 0.3 is 12.1 Å². The molecule has 2 aromatic carbocycles. The SMILES string of the molecule is CCCCN1C(=O)[C@@H](CC2(O)CCCCC2)NC(=O)C12CCN(Cc1ccc(Oc3ccc(C(=O)O)cc3)c(C(F)(F)F)c1)CC2. The molecule has 46 heavy (non-hydrogen) atoms. The van der Waals surface area contributed by atoms with Crippen LogP contribution in [0.25, 0.3) is 0 Å². The molecule has 2 aromatic rings. The number of piperazine rings is 1. The second-order valence-electron chi connectivity index (χ2n) is 12.9. The highest BCUT2D eigenvalue weighted by atomic mass is 19.4. The topological polar surface area (TPSA) is 119 Å². The largest absolute Gasteiger partial charge is 0.478 e. The van der Waals surface area contributed by atoms with Crippen molar-refractivity contribution < 1.29 is 42.5 Å². The Labute approximate surface area is 266 Å². The zero-order chi connectivity index (χ0) is 33.1. The Morgan fingerprint density at radius 3 is 2.30 bits per heavy atom. The lowest BCUT2D eigenvalue weighted by atomic mass is 9.77. The van der Waals surface area contributed by atoms with Crippen molar-refractivity contribution in [2.75, 3.05) is 19.6 Å². The lowest BCUT2D eigenvalue weighted by Crippen LogP contribution is -2.73. The summed E-state index contributed by atoms with van der Waals surface area (Å²) in [4.78, 5) is 42.3. The van der Waals surface area contributed by atoms with Crippen LogP contribution < -0.4 is 10.1 Å². The van der Waals surface area contributed by atoms with Crippen molar-refractivity contribution in [2.45, 2.75) is 101 Å². The molecule has 0 unspecified atom stereocenters. The number of hydrogen-bond donors (Lipinski definition) is 3. The number of carbonyl (C=O) groups is 3. The van der Waals surface area contributed by atoms with Crippen LogP contribution in [0, 0.1) is 0 Å². The van der Waals surface area contributed by atoms with Crippen molar-refractivity contribution in [3.8, 4) is 11.5 Å². The van der Waals surface area contributed by atoms with E-state index < -0.39 is 40.6 Å². The fraction of sp³-hybridized carbons (Fsp3) is 0.559. The molecule has 5 rings (SSSR count). The Morgan fingerprint density at radius 2 is 1.70 bits per heavy atom. The molecule has 3 fully saturated rings. The minimum atomic E-state index is -4.69. The fourth-order valence-corrected chi connectivity index (χ4v) is 7.06. The van der Waals surface area contributed by atoms with E-state index in [4.69, 9.17) is 9.84 Å². The predicted molar refractivity (Wildman–Crippen MR) is 163 cm³/mol. The van der Waals surface area contributed by atoms with Gasteiger partial charge in [-0.05, 0) is 74.1 Å². The molecule has 1 aliphatic carbocycles. The molecular weight excluding hydrogens is 603 g/mol. The monoisotopic (exact) mass is 645 g/mol. The van der Waals surface area contributed by atoms with E-state index >= 15 is 0 Å². The number of nitrogens with zero attached hydrogens (tertiary/aromatic N) is 2. The molecule has 2 aliphatic heterocycles. The van der Waals surface area contributed by atoms with E-state index in [1.54, 1.807) is 11.0 Å². The van der Waals surface area contributed by atoms with E-state index in [0.29, 0.717) is 50.9 Å². The highest BCUT2D eigenvalue weighted by Gasteiger charge is 2.54. The van der Waals surface area contributed by atoms with Gasteiger partial charge in [-0.15, -0.1) is 0 Å². The van der Waals surface area contributed by atoms with E-state index in [1.165, 1.54) is 30.3 Å². The highest BCUT2D eigenvalue weighted by molar-refractivity contribution is 6.00. The Kier molecular flexibility index (Phi) is 9.97. The lowest BCUT2D eigenvalue weighted by Gasteiger charge is -2.52. The number of nitrogens with one attached hydrogen (secondary N) is 1. The third kappa shape index (κ3) is 7.33. The number of alkyl halides is 3. The summed E-state index contributed by atoms with van der Waals surface area (Å²) < 4.78 is 47.7. The molecular formula is C34H42F3N3O6. The third-order valence-corrected chi connectivity index (χ3v) is 9.68. The minimum Gasteiger partial charge on any atom is -0.478 e. The number of unbranched alkanes of at least 4 members (excludes halogenated alkanes) is 1. The lowest BCUT2D eigenvalue weighted by molar-refractivity contribution is -0.163. The third-order valence-electron chi connectivity index (χ3n) is 9.68. The van der Waals surface area contributed by atoms with Gasteiger partial charge in [-0.2, -0.15) is 13.2 Å². The van der Waals surface area contributed by atoms with Crippen molar-refractivity contribution >= 4 is 17.8 Å². The summed E-state index contributed by atoms with van der Waals surface area (Å²) in [5.41, 5.74) is -2.53. The Hall–Kier alpha value is -3.64. The van der Waals surface area contributed by atoms with E-state index in [9.17, 15) is 32.7 Å². The van der Waals surface area contributed by atoms with Crippen LogP contribution in [0.2, 0.25) is 0 Å². The zero-order valence-electron chi connectivity index (χ0n) is 26.1. The minimum absolute atomic E-state index is 0.0107. The zero-order valence-corrected chi connectivity index (χ0v) is 26.1. The van der Waals surface area contributed by atoms with Gasteiger partial charge < -0.3 is 25.2 Å². The molecule has 1 saturated carbocycles. The van der Waals surface area contributed by atoms with E-state index in [-0.39, 0.29) is 36.1 Å². The molecule has 9 nitrogen and oxygen atoms in total. The Balaban J connectivity index is 1.28. The van der Waals surface area contributed by atoms with Crippen LogP contribution in [0.5, 0.6) is 11.5 Å². The van der Waals surface area contributed by atoms with Crippen molar-refractivity contribution in [3.05, 3.63) is 59.2 Å². The number of hydrogen-bond acceptors (Lipinski definition) is 6. The summed E-state index contributed by atoms with van der Waals surface area (Å²) in [6, 6.07) is 8.22. The van der Waals surface area contributed by atoms with Gasteiger partial charge in [-0.3, -0.25) is 14.5 Å². The van der Waals surface area contributed by atoms with Gasteiger partial charge in [0, 0.05) is 32.6 Å². The molecule has 2 heterocycles. The number of benzene rings is 2. The van der Waals surface area contributed by atoms with Gasteiger partial charge in [0.25, 0.3) is 0 Å². The van der Waals surface area contributed by atoms with Gasteiger partial charge in [0.15, 0.2) is 0 Å². The van der Waals surface area contributed by atoms with Crippen LogP contribution in [0.1, 0.15) is 92.6 Å². The second-order valence-corrected chi connectivity index (χ2v) is 12.9. The van der Waals surface area contributed by atoms with Crippen molar-refractivity contribution in [3.63, 3.8) is 0 Å². The molecule has 1 spiro atoms. The molecule has 1 atom stereocenters. The van der Waals surface area contributed by atoms with E-state index in [2.05, 4.69) is 5.32 Å². The number of aliphatic hydroxyl groups is 1. The van der Waals surface area contributed by atoms with Gasteiger partial charge in [-0.25, -0.2) is 4.79 Å². The highest BCUT2D eigenvalue weighted by Crippen LogP contribution is 2.40. The number of carbonyl (C=O) groups excluding carboxylic acids is 2. The number of aromatic carboxylic acids is 1. The first-order valence-corrected chi connectivity index (χ1v) is 16.1. The molecule has 3 N–H and O–H groups in total. The maximum absolute atomic E-state index is 14.1. The molecule has 3 aliphatic rings. The summed E-state index contributed by atoms with van der Waals surface area (Å²) in [6.07, 6.45) is 1.87. The number of ether oxygens (including phenoxy) is 1. The van der Waals surface area contributed by atoms with Crippen LogP contribution >= 0.6 is 0 Å². The number of rotatable bonds is 10.